The summed E-state index contributed by atoms with van der Waals surface area (Å²) >= 11 is 0. The van der Waals surface area contributed by atoms with Gasteiger partial charge in [0, 0.05) is 30.5 Å². The Bertz CT molecular complexity index is 1520. The molecule has 0 spiro atoms. The SMILES string of the molecule is COc1ccc2c(O[C@@H]3C[C@H]4C(=O)N[C@]5(C(=O)O)C[C@H]5C=CCCCO[C@H](C)[C@H](NC(=O)OC(C)(C)C)C(=O)N4C3)nccc2c1. The van der Waals surface area contributed by atoms with Gasteiger partial charge < -0.3 is 39.6 Å². The minimum absolute atomic E-state index is 0.0201. The van der Waals surface area contributed by atoms with Crippen LogP contribution in [-0.4, -0.2) is 94.6 Å². The number of ether oxygens (including phenoxy) is 4. The van der Waals surface area contributed by atoms with Crippen LogP contribution in [0.2, 0.25) is 0 Å². The van der Waals surface area contributed by atoms with Gasteiger partial charge in [-0.15, -0.1) is 0 Å². The summed E-state index contributed by atoms with van der Waals surface area (Å²) in [5.74, 6) is -1.73. The van der Waals surface area contributed by atoms with Crippen LogP contribution in [0.25, 0.3) is 10.8 Å². The number of carbonyl (C=O) groups is 4. The number of pyridine rings is 1. The van der Waals surface area contributed by atoms with Crippen LogP contribution in [0.5, 0.6) is 11.6 Å². The van der Waals surface area contributed by atoms with E-state index in [1.165, 1.54) is 4.90 Å². The van der Waals surface area contributed by atoms with Crippen molar-refractivity contribution in [3.63, 3.8) is 0 Å². The lowest BCUT2D eigenvalue weighted by molar-refractivity contribution is -0.146. The summed E-state index contributed by atoms with van der Waals surface area (Å²) < 4.78 is 23.1. The van der Waals surface area contributed by atoms with Crippen molar-refractivity contribution in [3.05, 3.63) is 42.6 Å². The number of amides is 3. The van der Waals surface area contributed by atoms with E-state index in [1.807, 2.05) is 30.4 Å². The molecule has 1 saturated heterocycles. The molecule has 3 aliphatic rings. The summed E-state index contributed by atoms with van der Waals surface area (Å²) in [6.45, 7) is 7.08. The molecule has 13 heteroatoms. The predicted molar refractivity (Wildman–Crippen MR) is 166 cm³/mol. The van der Waals surface area contributed by atoms with Gasteiger partial charge in [0.05, 0.1) is 19.8 Å². The van der Waals surface area contributed by atoms with E-state index in [2.05, 4.69) is 15.6 Å². The fourth-order valence-corrected chi connectivity index (χ4v) is 5.97. The lowest BCUT2D eigenvalue weighted by Gasteiger charge is -2.32. The zero-order chi connectivity index (χ0) is 33.2. The first-order valence-electron chi connectivity index (χ1n) is 15.5. The number of hydrogen-bond acceptors (Lipinski definition) is 9. The maximum Gasteiger partial charge on any atom is 0.408 e. The first kappa shape index (κ1) is 33.0. The monoisotopic (exact) mass is 638 g/mol. The Balaban J connectivity index is 1.47. The van der Waals surface area contributed by atoms with Crippen LogP contribution in [0.1, 0.15) is 53.4 Å². The van der Waals surface area contributed by atoms with Crippen molar-refractivity contribution in [2.75, 3.05) is 20.3 Å². The number of hydrogen-bond donors (Lipinski definition) is 3. The van der Waals surface area contributed by atoms with Gasteiger partial charge in [-0.3, -0.25) is 9.59 Å². The molecule has 6 atom stereocenters. The first-order valence-corrected chi connectivity index (χ1v) is 15.5. The number of alkyl carbamates (subject to hydrolysis) is 1. The van der Waals surface area contributed by atoms with Crippen molar-refractivity contribution in [2.45, 2.75) is 88.8 Å². The Hall–Kier alpha value is -4.39. The van der Waals surface area contributed by atoms with Crippen LogP contribution in [0.4, 0.5) is 4.79 Å². The lowest BCUT2D eigenvalue weighted by Crippen LogP contribution is -2.59. The summed E-state index contributed by atoms with van der Waals surface area (Å²) in [5, 5.41) is 17.0. The Kier molecular flexibility index (Phi) is 9.43. The molecule has 1 aromatic carbocycles. The Morgan fingerprint density at radius 2 is 2.00 bits per heavy atom. The number of rotatable bonds is 5. The van der Waals surface area contributed by atoms with Crippen LogP contribution in [-0.2, 0) is 23.9 Å². The third-order valence-electron chi connectivity index (χ3n) is 8.48. The zero-order valence-corrected chi connectivity index (χ0v) is 26.8. The van der Waals surface area contributed by atoms with Gasteiger partial charge in [0.1, 0.15) is 35.1 Å². The number of fused-ring (bicyclic) bond motifs is 3. The molecule has 2 aliphatic heterocycles. The highest BCUT2D eigenvalue weighted by atomic mass is 16.6. The quantitative estimate of drug-likeness (QED) is 0.414. The Morgan fingerprint density at radius 3 is 2.72 bits per heavy atom. The Morgan fingerprint density at radius 1 is 1.22 bits per heavy atom. The van der Waals surface area contributed by atoms with E-state index in [0.29, 0.717) is 36.5 Å². The fraction of sp³-hybridized carbons (Fsp3) is 0.545. The zero-order valence-electron chi connectivity index (χ0n) is 26.8. The fourth-order valence-electron chi connectivity index (χ4n) is 5.97. The largest absolute Gasteiger partial charge is 0.497 e. The highest BCUT2D eigenvalue weighted by molar-refractivity contribution is 5.96. The van der Waals surface area contributed by atoms with Gasteiger partial charge in [-0.05, 0) is 76.6 Å². The van der Waals surface area contributed by atoms with Gasteiger partial charge in [0.2, 0.25) is 17.7 Å². The molecule has 13 nitrogen and oxygen atoms in total. The molecule has 3 heterocycles. The number of nitrogens with zero attached hydrogens (tertiary/aromatic N) is 2. The number of methoxy groups -OCH3 is 1. The summed E-state index contributed by atoms with van der Waals surface area (Å²) in [4.78, 5) is 59.2. The number of carbonyl (C=O) groups excluding carboxylic acids is 3. The molecule has 3 amide bonds. The van der Waals surface area contributed by atoms with Crippen molar-refractivity contribution in [1.29, 1.82) is 0 Å². The molecule has 1 saturated carbocycles. The molecule has 2 aromatic rings. The van der Waals surface area contributed by atoms with Gasteiger partial charge in [-0.25, -0.2) is 14.6 Å². The molecule has 0 radical (unpaired) electrons. The lowest BCUT2D eigenvalue weighted by atomic mass is 10.1. The number of carboxylic acids is 1. The van der Waals surface area contributed by atoms with Crippen LogP contribution in [0, 0.1) is 5.92 Å². The summed E-state index contributed by atoms with van der Waals surface area (Å²) in [6, 6.07) is 4.98. The third-order valence-corrected chi connectivity index (χ3v) is 8.48. The van der Waals surface area contributed by atoms with Gasteiger partial charge in [-0.2, -0.15) is 0 Å². The average molecular weight is 639 g/mol. The van der Waals surface area contributed by atoms with Crippen LogP contribution in [0.15, 0.2) is 42.6 Å². The van der Waals surface area contributed by atoms with Crippen molar-refractivity contribution in [2.24, 2.45) is 5.92 Å². The number of benzene rings is 1. The smallest absolute Gasteiger partial charge is 0.408 e. The topological polar surface area (TPSA) is 166 Å². The molecule has 46 heavy (non-hydrogen) atoms. The van der Waals surface area contributed by atoms with E-state index in [0.717, 1.165) is 5.39 Å². The molecule has 0 unspecified atom stereocenters. The maximum atomic E-state index is 14.3. The van der Waals surface area contributed by atoms with Crippen molar-refractivity contribution in [1.82, 2.24) is 20.5 Å². The Labute approximate surface area is 267 Å². The predicted octanol–water partition coefficient (Wildman–Crippen LogP) is 3.20. The van der Waals surface area contributed by atoms with E-state index in [4.69, 9.17) is 18.9 Å². The molecule has 1 aliphatic carbocycles. The number of carboxylic acid groups (broad SMARTS) is 1. The molecule has 5 rings (SSSR count). The molecule has 0 bridgehead atoms. The highest BCUT2D eigenvalue weighted by Gasteiger charge is 2.61. The van der Waals surface area contributed by atoms with E-state index < -0.39 is 59.3 Å². The second kappa shape index (κ2) is 13.1. The normalized spacial score (nSPS) is 28.6. The van der Waals surface area contributed by atoms with Gasteiger partial charge in [0.25, 0.3) is 0 Å². The van der Waals surface area contributed by atoms with Crippen molar-refractivity contribution >= 4 is 34.6 Å². The van der Waals surface area contributed by atoms with E-state index in [-0.39, 0.29) is 25.3 Å². The molecular weight excluding hydrogens is 596 g/mol. The van der Waals surface area contributed by atoms with Crippen LogP contribution in [0.3, 0.4) is 0 Å². The number of allylic oxidation sites excluding steroid dienone is 1. The maximum absolute atomic E-state index is 14.3. The summed E-state index contributed by atoms with van der Waals surface area (Å²) in [6.07, 6.45) is 4.58. The molecule has 248 valence electrons. The van der Waals surface area contributed by atoms with Crippen molar-refractivity contribution in [3.8, 4) is 11.6 Å². The van der Waals surface area contributed by atoms with Gasteiger partial charge >= 0.3 is 12.1 Å². The molecular formula is C33H42N4O9. The molecule has 2 fully saturated rings. The van der Waals surface area contributed by atoms with Gasteiger partial charge in [-0.1, -0.05) is 12.2 Å². The van der Waals surface area contributed by atoms with E-state index >= 15 is 0 Å². The molecule has 3 N–H and O–H groups in total. The van der Waals surface area contributed by atoms with E-state index in [9.17, 15) is 24.3 Å². The number of aromatic nitrogens is 1. The minimum atomic E-state index is -1.46. The number of nitrogens with one attached hydrogen (secondary N) is 2. The van der Waals surface area contributed by atoms with E-state index in [1.54, 1.807) is 47.1 Å². The van der Waals surface area contributed by atoms with Crippen LogP contribution < -0.4 is 20.1 Å². The first-order chi connectivity index (χ1) is 21.8. The van der Waals surface area contributed by atoms with Crippen molar-refractivity contribution < 1.29 is 43.2 Å². The average Bonchev–Trinajstić information content (AvgIpc) is 3.53. The highest BCUT2D eigenvalue weighted by Crippen LogP contribution is 2.45. The standard InChI is InChI=1S/C33H42N4O9/c1-19-26(35-31(42)46-32(2,3)4)29(39)37-18-23(45-28-24-11-10-22(43-5)15-20(24)12-13-34-28)16-25(37)27(38)36-33(30(40)41)17-21(33)9-7-6-8-14-44-19/h7,9-13,15,19,21,23,25-26H,6,8,14,16-18H2,1-5H3,(H,35,42)(H,36,38)(H,40,41)/t19-,21-,23-,25+,26+,33-/m1/s1. The summed E-state index contributed by atoms with van der Waals surface area (Å²) in [5.41, 5.74) is -2.28. The van der Waals surface area contributed by atoms with Crippen LogP contribution >= 0.6 is 0 Å². The number of aliphatic carboxylic acids is 1. The molecule has 1 aromatic heterocycles. The second-order valence-electron chi connectivity index (χ2n) is 13.0. The third kappa shape index (κ3) is 7.19. The van der Waals surface area contributed by atoms with Gasteiger partial charge in [0.15, 0.2) is 0 Å². The minimum Gasteiger partial charge on any atom is -0.497 e. The summed E-state index contributed by atoms with van der Waals surface area (Å²) in [7, 11) is 1.58. The second-order valence-corrected chi connectivity index (χ2v) is 13.0.